The van der Waals surface area contributed by atoms with Gasteiger partial charge in [-0.1, -0.05) is 46.9 Å². The fraction of sp³-hybridized carbons (Fsp3) is 0.176. The number of nitrogens with one attached hydrogen (secondary N) is 2. The molecule has 2 N–H and O–H groups in total. The molecular weight excluding hydrogens is 385 g/mol. The van der Waals surface area contributed by atoms with Gasteiger partial charge in [-0.3, -0.25) is 14.5 Å². The summed E-state index contributed by atoms with van der Waals surface area (Å²) in [6.45, 7) is 0.0574. The van der Waals surface area contributed by atoms with Crippen molar-refractivity contribution in [3.63, 3.8) is 0 Å². The van der Waals surface area contributed by atoms with Crippen molar-refractivity contribution in [2.75, 3.05) is 30.8 Å². The lowest BCUT2D eigenvalue weighted by Crippen LogP contribution is -2.36. The van der Waals surface area contributed by atoms with Crippen LogP contribution in [-0.4, -0.2) is 36.9 Å². The summed E-state index contributed by atoms with van der Waals surface area (Å²) in [6, 6.07) is 11.7. The molecule has 0 saturated carbocycles. The van der Waals surface area contributed by atoms with Crippen molar-refractivity contribution in [3.8, 4) is 0 Å². The third-order valence-electron chi connectivity index (χ3n) is 3.18. The van der Waals surface area contributed by atoms with Gasteiger partial charge in [-0.25, -0.2) is 0 Å². The highest BCUT2D eigenvalue weighted by Gasteiger charge is 2.13. The second-order valence-electron chi connectivity index (χ2n) is 5.37. The molecule has 0 aliphatic carbocycles. The molecule has 0 radical (unpaired) electrons. The molecule has 0 bridgehead atoms. The first-order valence-corrected chi connectivity index (χ1v) is 8.46. The molecule has 0 aliphatic rings. The van der Waals surface area contributed by atoms with Gasteiger partial charge in [0.1, 0.15) is 0 Å². The summed E-state index contributed by atoms with van der Waals surface area (Å²) in [5, 5.41) is 6.66. The first kappa shape index (κ1) is 19.5. The van der Waals surface area contributed by atoms with E-state index >= 15 is 0 Å². The minimum atomic E-state index is -0.294. The smallest absolute Gasteiger partial charge is 0.238 e. The molecule has 8 heteroatoms. The average molecular weight is 401 g/mol. The Labute approximate surface area is 160 Å². The minimum absolute atomic E-state index is 0.0227. The van der Waals surface area contributed by atoms with Crippen LogP contribution in [0, 0.1) is 0 Å². The molecule has 0 aromatic heterocycles. The topological polar surface area (TPSA) is 61.4 Å². The monoisotopic (exact) mass is 399 g/mol. The quantitative estimate of drug-likeness (QED) is 0.765. The summed E-state index contributed by atoms with van der Waals surface area (Å²) in [5.74, 6) is -0.565. The number of benzene rings is 2. The molecule has 0 unspecified atom stereocenters. The Balaban J connectivity index is 1.84. The number of para-hydroxylation sites is 1. The van der Waals surface area contributed by atoms with Gasteiger partial charge < -0.3 is 10.6 Å². The largest absolute Gasteiger partial charge is 0.324 e. The van der Waals surface area contributed by atoms with Gasteiger partial charge in [-0.05, 0) is 37.4 Å². The number of halogens is 3. The molecule has 0 fully saturated rings. The van der Waals surface area contributed by atoms with Gasteiger partial charge in [0.2, 0.25) is 11.8 Å². The molecule has 132 valence electrons. The summed E-state index contributed by atoms with van der Waals surface area (Å²) >= 11 is 17.8. The molecule has 0 spiro atoms. The van der Waals surface area contributed by atoms with E-state index in [4.69, 9.17) is 34.8 Å². The van der Waals surface area contributed by atoms with E-state index in [1.165, 1.54) is 0 Å². The second-order valence-corrected chi connectivity index (χ2v) is 6.62. The van der Waals surface area contributed by atoms with E-state index in [2.05, 4.69) is 10.6 Å². The Bertz CT molecular complexity index is 783. The fourth-order valence-corrected chi connectivity index (χ4v) is 2.72. The number of hydrogen-bond donors (Lipinski definition) is 2. The number of carbonyl (C=O) groups excluding carboxylic acids is 2. The highest BCUT2D eigenvalue weighted by Crippen LogP contribution is 2.25. The molecule has 25 heavy (non-hydrogen) atoms. The number of amides is 2. The number of hydrogen-bond acceptors (Lipinski definition) is 3. The average Bonchev–Trinajstić information content (AvgIpc) is 2.52. The summed E-state index contributed by atoms with van der Waals surface area (Å²) in [6.07, 6.45) is 0. The van der Waals surface area contributed by atoms with Crippen LogP contribution in [0.5, 0.6) is 0 Å². The van der Waals surface area contributed by atoms with Crippen molar-refractivity contribution in [2.45, 2.75) is 0 Å². The highest BCUT2D eigenvalue weighted by molar-refractivity contribution is 6.36. The zero-order valence-corrected chi connectivity index (χ0v) is 15.6. The Morgan fingerprint density at radius 1 is 0.880 bits per heavy atom. The second kappa shape index (κ2) is 9.06. The molecule has 0 aliphatic heterocycles. The first-order chi connectivity index (χ1) is 11.8. The lowest BCUT2D eigenvalue weighted by molar-refractivity contribution is -0.119. The van der Waals surface area contributed by atoms with Crippen LogP contribution >= 0.6 is 34.8 Å². The lowest BCUT2D eigenvalue weighted by Gasteiger charge is -2.16. The van der Waals surface area contributed by atoms with E-state index in [9.17, 15) is 9.59 Å². The van der Waals surface area contributed by atoms with Crippen LogP contribution < -0.4 is 10.6 Å². The van der Waals surface area contributed by atoms with E-state index in [0.717, 1.165) is 0 Å². The molecule has 2 aromatic rings. The molecule has 2 amide bonds. The maximum absolute atomic E-state index is 12.1. The van der Waals surface area contributed by atoms with Crippen LogP contribution in [0.1, 0.15) is 0 Å². The molecule has 2 aromatic carbocycles. The Morgan fingerprint density at radius 3 is 2.00 bits per heavy atom. The number of nitrogens with zero attached hydrogens (tertiary/aromatic N) is 1. The summed E-state index contributed by atoms with van der Waals surface area (Å²) in [4.78, 5) is 25.7. The molecule has 0 atom stereocenters. The van der Waals surface area contributed by atoms with Crippen molar-refractivity contribution in [3.05, 3.63) is 57.5 Å². The third kappa shape index (κ3) is 6.21. The molecule has 0 heterocycles. The molecule has 0 saturated heterocycles. The van der Waals surface area contributed by atoms with Gasteiger partial charge in [0, 0.05) is 5.02 Å². The normalized spacial score (nSPS) is 10.6. The summed E-state index contributed by atoms with van der Waals surface area (Å²) in [7, 11) is 1.66. The van der Waals surface area contributed by atoms with Gasteiger partial charge in [-0.2, -0.15) is 0 Å². The highest BCUT2D eigenvalue weighted by atomic mass is 35.5. The van der Waals surface area contributed by atoms with Gasteiger partial charge in [0.15, 0.2) is 0 Å². The predicted molar refractivity (Wildman–Crippen MR) is 103 cm³/mol. The zero-order chi connectivity index (χ0) is 18.4. The van der Waals surface area contributed by atoms with Crippen LogP contribution in [0.4, 0.5) is 11.4 Å². The fourth-order valence-electron chi connectivity index (χ4n) is 2.08. The van der Waals surface area contributed by atoms with E-state index in [1.807, 2.05) is 0 Å². The van der Waals surface area contributed by atoms with Gasteiger partial charge in [0.05, 0.1) is 34.5 Å². The number of rotatable bonds is 6. The van der Waals surface area contributed by atoms with Gasteiger partial charge in [0.25, 0.3) is 0 Å². The number of likely N-dealkylation sites (N-methyl/N-ethyl adjacent to an activating group) is 1. The van der Waals surface area contributed by atoms with Crippen molar-refractivity contribution in [1.82, 2.24) is 4.90 Å². The van der Waals surface area contributed by atoms with Crippen molar-refractivity contribution >= 4 is 58.0 Å². The Kier molecular flexibility index (Phi) is 7.08. The Hall–Kier alpha value is -1.79. The van der Waals surface area contributed by atoms with E-state index in [0.29, 0.717) is 26.4 Å². The molecule has 2 rings (SSSR count). The van der Waals surface area contributed by atoms with Crippen molar-refractivity contribution in [2.24, 2.45) is 0 Å². The van der Waals surface area contributed by atoms with Gasteiger partial charge in [-0.15, -0.1) is 0 Å². The van der Waals surface area contributed by atoms with Crippen LogP contribution in [0.15, 0.2) is 42.5 Å². The number of carbonyl (C=O) groups is 2. The number of anilines is 2. The first-order valence-electron chi connectivity index (χ1n) is 7.33. The third-order valence-corrected chi connectivity index (χ3v) is 4.06. The van der Waals surface area contributed by atoms with E-state index < -0.39 is 0 Å². The standard InChI is InChI=1S/C17H16Cl3N3O2/c1-23(9-16(24)21-14-5-3-2-4-12(14)19)10-17(25)22-15-7-6-11(18)8-13(15)20/h2-8H,9-10H2,1H3,(H,21,24)(H,22,25). The van der Waals surface area contributed by atoms with Gasteiger partial charge >= 0.3 is 0 Å². The predicted octanol–water partition coefficient (Wildman–Crippen LogP) is 4.16. The van der Waals surface area contributed by atoms with Crippen LogP contribution in [-0.2, 0) is 9.59 Å². The van der Waals surface area contributed by atoms with Crippen LogP contribution in [0.25, 0.3) is 0 Å². The van der Waals surface area contributed by atoms with Crippen molar-refractivity contribution in [1.29, 1.82) is 0 Å². The van der Waals surface area contributed by atoms with Crippen LogP contribution in [0.3, 0.4) is 0 Å². The van der Waals surface area contributed by atoms with E-state index in [-0.39, 0.29) is 24.9 Å². The lowest BCUT2D eigenvalue weighted by atomic mass is 10.3. The maximum atomic E-state index is 12.1. The molecule has 5 nitrogen and oxygen atoms in total. The van der Waals surface area contributed by atoms with Crippen molar-refractivity contribution < 1.29 is 9.59 Å². The van der Waals surface area contributed by atoms with Crippen LogP contribution in [0.2, 0.25) is 15.1 Å². The maximum Gasteiger partial charge on any atom is 0.238 e. The van der Waals surface area contributed by atoms with E-state index in [1.54, 1.807) is 54.4 Å². The molecular formula is C17H16Cl3N3O2. The minimum Gasteiger partial charge on any atom is -0.324 e. The zero-order valence-electron chi connectivity index (χ0n) is 13.4. The SMILES string of the molecule is CN(CC(=O)Nc1ccccc1Cl)CC(=O)Nc1ccc(Cl)cc1Cl. The Morgan fingerprint density at radius 2 is 1.44 bits per heavy atom. The summed E-state index contributed by atoms with van der Waals surface area (Å²) < 4.78 is 0. The summed E-state index contributed by atoms with van der Waals surface area (Å²) in [5.41, 5.74) is 0.991.